The number of Topliss-reactive ketones (excluding diaryl/α,β-unsaturated/α-hetero) is 2. The highest BCUT2D eigenvalue weighted by molar-refractivity contribution is 6.10. The summed E-state index contributed by atoms with van der Waals surface area (Å²) >= 11 is 0. The Hall–Kier alpha value is -1.98. The molecular formula is C21H24O5. The van der Waals surface area contributed by atoms with Gasteiger partial charge in [0.15, 0.2) is 11.6 Å². The highest BCUT2D eigenvalue weighted by Gasteiger charge is 2.54. The summed E-state index contributed by atoms with van der Waals surface area (Å²) in [4.78, 5) is 26.3. The largest absolute Gasteiger partial charge is 0.508 e. The number of aromatic hydroxyl groups is 1. The summed E-state index contributed by atoms with van der Waals surface area (Å²) in [6, 6.07) is 4.68. The molecule has 3 aliphatic carbocycles. The molecule has 0 heterocycles. The average molecular weight is 356 g/mol. The van der Waals surface area contributed by atoms with Gasteiger partial charge in [0.1, 0.15) is 5.75 Å². The third-order valence-corrected chi connectivity index (χ3v) is 6.18. The third kappa shape index (κ3) is 2.37. The first-order chi connectivity index (χ1) is 12.2. The van der Waals surface area contributed by atoms with Crippen LogP contribution in [0.4, 0.5) is 0 Å². The Balaban J connectivity index is 1.92. The standard InChI is InChI=1S/C21H24O5/c1-21(2)8-10-7-14(26-3)17-18(15(10)13(23)9-21)19(24)11-5-4-6-12(22)16(11)20(17)25/h4-6,14,17-18,20,22,25H,7-9H2,1-3H3/t14-,17-,18+,20+/m1/s1. The number of aliphatic hydroxyl groups excluding tert-OH is 1. The maximum absolute atomic E-state index is 13.3. The van der Waals surface area contributed by atoms with E-state index in [-0.39, 0.29) is 34.4 Å². The number of benzene rings is 1. The van der Waals surface area contributed by atoms with Crippen molar-refractivity contribution < 1.29 is 24.5 Å². The van der Waals surface area contributed by atoms with Crippen molar-refractivity contribution in [1.82, 2.24) is 0 Å². The Morgan fingerprint density at radius 2 is 1.92 bits per heavy atom. The van der Waals surface area contributed by atoms with Crippen LogP contribution in [0.5, 0.6) is 5.75 Å². The van der Waals surface area contributed by atoms with Gasteiger partial charge in [-0.2, -0.15) is 0 Å². The molecule has 0 spiro atoms. The fourth-order valence-corrected chi connectivity index (χ4v) is 5.19. The molecule has 5 nitrogen and oxygen atoms in total. The summed E-state index contributed by atoms with van der Waals surface area (Å²) in [5, 5.41) is 21.2. The number of rotatable bonds is 1. The topological polar surface area (TPSA) is 83.8 Å². The van der Waals surface area contributed by atoms with Crippen LogP contribution in [0.15, 0.2) is 29.3 Å². The number of ketones is 2. The highest BCUT2D eigenvalue weighted by atomic mass is 16.5. The van der Waals surface area contributed by atoms with Gasteiger partial charge >= 0.3 is 0 Å². The van der Waals surface area contributed by atoms with E-state index in [1.54, 1.807) is 19.2 Å². The average Bonchev–Trinajstić information content (AvgIpc) is 2.56. The predicted octanol–water partition coefficient (Wildman–Crippen LogP) is 2.96. The Morgan fingerprint density at radius 3 is 2.62 bits per heavy atom. The smallest absolute Gasteiger partial charge is 0.171 e. The molecule has 0 fully saturated rings. The quantitative estimate of drug-likeness (QED) is 0.808. The summed E-state index contributed by atoms with van der Waals surface area (Å²) < 4.78 is 5.65. The van der Waals surface area contributed by atoms with Gasteiger partial charge in [-0.1, -0.05) is 31.6 Å². The van der Waals surface area contributed by atoms with Crippen LogP contribution in [-0.2, 0) is 9.53 Å². The molecule has 0 aliphatic heterocycles. The van der Waals surface area contributed by atoms with Crippen LogP contribution in [0, 0.1) is 17.3 Å². The zero-order valence-electron chi connectivity index (χ0n) is 15.3. The van der Waals surface area contributed by atoms with Gasteiger partial charge in [0.25, 0.3) is 0 Å². The molecule has 0 radical (unpaired) electrons. The maximum Gasteiger partial charge on any atom is 0.171 e. The van der Waals surface area contributed by atoms with Crippen molar-refractivity contribution in [2.24, 2.45) is 17.3 Å². The second-order valence-electron chi connectivity index (χ2n) is 8.54. The van der Waals surface area contributed by atoms with Gasteiger partial charge in [-0.05, 0) is 24.3 Å². The van der Waals surface area contributed by atoms with E-state index in [4.69, 9.17) is 4.74 Å². The van der Waals surface area contributed by atoms with Crippen LogP contribution in [0.3, 0.4) is 0 Å². The molecule has 0 aromatic heterocycles. The Labute approximate surface area is 152 Å². The van der Waals surface area contributed by atoms with Crippen LogP contribution in [0.2, 0.25) is 0 Å². The summed E-state index contributed by atoms with van der Waals surface area (Å²) in [5.41, 5.74) is 2.01. The van der Waals surface area contributed by atoms with Crippen molar-refractivity contribution >= 4 is 11.6 Å². The lowest BCUT2D eigenvalue weighted by Gasteiger charge is -2.47. The van der Waals surface area contributed by atoms with Crippen LogP contribution < -0.4 is 0 Å². The summed E-state index contributed by atoms with van der Waals surface area (Å²) in [6.07, 6.45) is 0.286. The number of methoxy groups -OCH3 is 1. The second-order valence-corrected chi connectivity index (χ2v) is 8.54. The molecule has 1 aromatic carbocycles. The van der Waals surface area contributed by atoms with E-state index in [1.165, 1.54) is 6.07 Å². The van der Waals surface area contributed by atoms with E-state index in [0.29, 0.717) is 24.0 Å². The minimum Gasteiger partial charge on any atom is -0.508 e. The summed E-state index contributed by atoms with van der Waals surface area (Å²) in [7, 11) is 1.57. The van der Waals surface area contributed by atoms with Gasteiger partial charge in [0, 0.05) is 36.1 Å². The number of phenols is 1. The van der Waals surface area contributed by atoms with Crippen molar-refractivity contribution in [3.63, 3.8) is 0 Å². The molecule has 5 heteroatoms. The summed E-state index contributed by atoms with van der Waals surface area (Å²) in [6.45, 7) is 4.13. The monoisotopic (exact) mass is 356 g/mol. The van der Waals surface area contributed by atoms with Crippen molar-refractivity contribution in [3.8, 4) is 5.75 Å². The number of hydrogen-bond acceptors (Lipinski definition) is 5. The third-order valence-electron chi connectivity index (χ3n) is 6.18. The van der Waals surface area contributed by atoms with Crippen molar-refractivity contribution in [3.05, 3.63) is 40.5 Å². The lowest BCUT2D eigenvalue weighted by Crippen LogP contribution is -2.49. The van der Waals surface area contributed by atoms with Crippen LogP contribution >= 0.6 is 0 Å². The molecule has 0 bridgehead atoms. The molecule has 0 saturated heterocycles. The van der Waals surface area contributed by atoms with Gasteiger partial charge < -0.3 is 14.9 Å². The first-order valence-electron chi connectivity index (χ1n) is 9.07. The minimum atomic E-state index is -1.05. The van der Waals surface area contributed by atoms with Crippen molar-refractivity contribution in [2.75, 3.05) is 7.11 Å². The lowest BCUT2D eigenvalue weighted by atomic mass is 9.58. The fourth-order valence-electron chi connectivity index (χ4n) is 5.19. The van der Waals surface area contributed by atoms with E-state index in [1.807, 2.05) is 0 Å². The van der Waals surface area contributed by atoms with E-state index in [2.05, 4.69) is 13.8 Å². The van der Waals surface area contributed by atoms with Gasteiger partial charge in [-0.15, -0.1) is 0 Å². The highest BCUT2D eigenvalue weighted by Crippen LogP contribution is 2.54. The van der Waals surface area contributed by atoms with E-state index >= 15 is 0 Å². The van der Waals surface area contributed by atoms with Crippen molar-refractivity contribution in [1.29, 1.82) is 0 Å². The molecule has 26 heavy (non-hydrogen) atoms. The first kappa shape index (κ1) is 17.4. The van der Waals surface area contributed by atoms with E-state index in [9.17, 15) is 19.8 Å². The Kier molecular flexibility index (Phi) is 3.86. The zero-order chi connectivity index (χ0) is 18.8. The molecule has 2 N–H and O–H groups in total. The molecule has 0 unspecified atom stereocenters. The Bertz CT molecular complexity index is 835. The van der Waals surface area contributed by atoms with Gasteiger partial charge in [0.2, 0.25) is 0 Å². The molecule has 1 aromatic rings. The molecule has 138 valence electrons. The van der Waals surface area contributed by atoms with Crippen molar-refractivity contribution in [2.45, 2.75) is 45.3 Å². The van der Waals surface area contributed by atoms with Crippen LogP contribution in [0.25, 0.3) is 0 Å². The van der Waals surface area contributed by atoms with E-state index in [0.717, 1.165) is 12.0 Å². The number of aliphatic hydroxyl groups is 1. The number of allylic oxidation sites excluding steroid dienone is 1. The normalized spacial score (nSPS) is 32.8. The summed E-state index contributed by atoms with van der Waals surface area (Å²) in [5.74, 6) is -1.54. The minimum absolute atomic E-state index is 0.00459. The van der Waals surface area contributed by atoms with Gasteiger partial charge in [-0.25, -0.2) is 0 Å². The van der Waals surface area contributed by atoms with Crippen LogP contribution in [0.1, 0.15) is 55.1 Å². The molecular weight excluding hydrogens is 332 g/mol. The van der Waals surface area contributed by atoms with E-state index < -0.39 is 17.9 Å². The number of fused-ring (bicyclic) bond motifs is 3. The number of carbonyl (C=O) groups is 2. The van der Waals surface area contributed by atoms with Crippen LogP contribution in [-0.4, -0.2) is 35.0 Å². The molecule has 3 aliphatic rings. The number of ether oxygens (including phenoxy) is 1. The maximum atomic E-state index is 13.3. The number of phenolic OH excluding ortho intramolecular Hbond substituents is 1. The lowest BCUT2D eigenvalue weighted by molar-refractivity contribution is -0.120. The van der Waals surface area contributed by atoms with Gasteiger partial charge in [-0.3, -0.25) is 9.59 Å². The van der Waals surface area contributed by atoms with Gasteiger partial charge in [0.05, 0.1) is 18.1 Å². The first-order valence-corrected chi connectivity index (χ1v) is 9.07. The molecule has 4 rings (SSSR count). The fraction of sp³-hybridized carbons (Fsp3) is 0.524. The second kappa shape index (κ2) is 5.76. The number of hydrogen-bond donors (Lipinski definition) is 2. The SMILES string of the molecule is CO[C@@H]1CC2=C(C(=O)CC(C)(C)C2)[C@@H]2C(=O)c3cccc(O)c3[C@H](O)[C@@H]21. The molecule has 0 amide bonds. The molecule has 4 atom stereocenters. The predicted molar refractivity (Wildman–Crippen MR) is 94.8 cm³/mol. The molecule has 0 saturated carbocycles. The Morgan fingerprint density at radius 1 is 1.19 bits per heavy atom. The zero-order valence-corrected chi connectivity index (χ0v) is 15.3. The number of carbonyl (C=O) groups excluding carboxylic acids is 2.